The summed E-state index contributed by atoms with van der Waals surface area (Å²) >= 11 is 0. The number of Topliss-reactive ketones (excluding diaryl/α,β-unsaturated/α-hetero) is 1. The molecule has 0 bridgehead atoms. The topological polar surface area (TPSA) is 61.6 Å². The first kappa shape index (κ1) is 11.8. The Bertz CT molecular complexity index is 460. The summed E-state index contributed by atoms with van der Waals surface area (Å²) in [6.07, 6.45) is -3.51. The highest BCUT2D eigenvalue weighted by Crippen LogP contribution is 2.41. The van der Waals surface area contributed by atoms with E-state index in [1.807, 2.05) is 0 Å². The molecule has 0 aliphatic carbocycles. The zero-order valence-corrected chi connectivity index (χ0v) is 9.07. The molecular formula is C11H11F2NO3. The fraction of sp³-hybridized carbons (Fsp3) is 0.364. The number of ketones is 1. The van der Waals surface area contributed by atoms with E-state index in [9.17, 15) is 13.6 Å². The van der Waals surface area contributed by atoms with Crippen LogP contribution in [-0.2, 0) is 0 Å². The maximum atomic E-state index is 12.7. The van der Waals surface area contributed by atoms with Gasteiger partial charge in [0.25, 0.3) is 0 Å². The lowest BCUT2D eigenvalue weighted by atomic mass is 10.0. The summed E-state index contributed by atoms with van der Waals surface area (Å²) in [6, 6.07) is 3.65. The molecule has 1 aliphatic rings. The average molecular weight is 243 g/mol. The van der Waals surface area contributed by atoms with Crippen molar-refractivity contribution in [1.29, 1.82) is 0 Å². The number of halogens is 2. The molecule has 1 atom stereocenters. The van der Waals surface area contributed by atoms with E-state index in [0.29, 0.717) is 0 Å². The molecule has 2 N–H and O–H groups in total. The molecule has 0 radical (unpaired) electrons. The molecule has 1 aromatic rings. The molecule has 0 amide bonds. The van der Waals surface area contributed by atoms with Crippen molar-refractivity contribution in [2.75, 3.05) is 0 Å². The number of fused-ring (bicyclic) bond motifs is 1. The summed E-state index contributed by atoms with van der Waals surface area (Å²) in [5.74, 6) is -0.431. The van der Waals surface area contributed by atoms with Gasteiger partial charge in [-0.05, 0) is 25.1 Å². The van der Waals surface area contributed by atoms with Crippen molar-refractivity contribution < 1.29 is 23.0 Å². The van der Waals surface area contributed by atoms with E-state index < -0.39 is 6.29 Å². The Hall–Kier alpha value is -1.69. The number of rotatable bonds is 3. The molecule has 1 heterocycles. The standard InChI is InChI=1S/C11H11F2NO3/c1-6(14)4-8(15)7-2-3-9-10(5-7)17-11(12,13)16-9/h2-3,5-6H,4,14H2,1H3. The van der Waals surface area contributed by atoms with Crippen molar-refractivity contribution in [2.24, 2.45) is 5.73 Å². The van der Waals surface area contributed by atoms with Crippen LogP contribution in [0.4, 0.5) is 8.78 Å². The average Bonchev–Trinajstić information content (AvgIpc) is 2.48. The molecule has 92 valence electrons. The summed E-state index contributed by atoms with van der Waals surface area (Å²) in [4.78, 5) is 11.7. The molecule has 1 unspecified atom stereocenters. The lowest BCUT2D eigenvalue weighted by Gasteiger charge is -2.05. The zero-order valence-electron chi connectivity index (χ0n) is 9.07. The van der Waals surface area contributed by atoms with Crippen molar-refractivity contribution in [3.05, 3.63) is 23.8 Å². The van der Waals surface area contributed by atoms with Crippen LogP contribution in [0.15, 0.2) is 18.2 Å². The van der Waals surface area contributed by atoms with Gasteiger partial charge in [-0.15, -0.1) is 8.78 Å². The second-order valence-corrected chi connectivity index (χ2v) is 3.93. The van der Waals surface area contributed by atoms with Gasteiger partial charge in [0.15, 0.2) is 17.3 Å². The maximum absolute atomic E-state index is 12.7. The van der Waals surface area contributed by atoms with Crippen LogP contribution in [0.5, 0.6) is 11.5 Å². The molecule has 0 aromatic heterocycles. The molecule has 0 spiro atoms. The lowest BCUT2D eigenvalue weighted by molar-refractivity contribution is -0.286. The van der Waals surface area contributed by atoms with Gasteiger partial charge in [-0.2, -0.15) is 0 Å². The van der Waals surface area contributed by atoms with Crippen LogP contribution < -0.4 is 15.2 Å². The van der Waals surface area contributed by atoms with E-state index in [1.165, 1.54) is 18.2 Å². The number of nitrogens with two attached hydrogens (primary N) is 1. The molecule has 2 rings (SSSR count). The van der Waals surface area contributed by atoms with Gasteiger partial charge >= 0.3 is 6.29 Å². The molecule has 4 nitrogen and oxygen atoms in total. The Morgan fingerprint density at radius 3 is 2.71 bits per heavy atom. The van der Waals surface area contributed by atoms with E-state index in [2.05, 4.69) is 9.47 Å². The molecule has 0 fully saturated rings. The second kappa shape index (κ2) is 3.96. The number of carbonyl (C=O) groups is 1. The van der Waals surface area contributed by atoms with Crippen LogP contribution >= 0.6 is 0 Å². The van der Waals surface area contributed by atoms with E-state index >= 15 is 0 Å². The maximum Gasteiger partial charge on any atom is 0.586 e. The van der Waals surface area contributed by atoms with Gasteiger partial charge in [0.2, 0.25) is 0 Å². The van der Waals surface area contributed by atoms with Crippen LogP contribution in [0, 0.1) is 0 Å². The van der Waals surface area contributed by atoms with Crippen LogP contribution in [0.1, 0.15) is 23.7 Å². The van der Waals surface area contributed by atoms with Crippen LogP contribution in [-0.4, -0.2) is 18.1 Å². The first-order chi connectivity index (χ1) is 7.87. The molecule has 6 heteroatoms. The summed E-state index contributed by atoms with van der Waals surface area (Å²) in [6.45, 7) is 1.69. The molecule has 17 heavy (non-hydrogen) atoms. The van der Waals surface area contributed by atoms with Crippen molar-refractivity contribution >= 4 is 5.78 Å². The largest absolute Gasteiger partial charge is 0.586 e. The number of ether oxygens (including phenoxy) is 2. The predicted octanol–water partition coefficient (Wildman–Crippen LogP) is 1.93. The number of hydrogen-bond donors (Lipinski definition) is 1. The fourth-order valence-electron chi connectivity index (χ4n) is 1.53. The minimum absolute atomic E-state index is 0.0765. The van der Waals surface area contributed by atoms with Crippen LogP contribution in [0.25, 0.3) is 0 Å². The highest BCUT2D eigenvalue weighted by Gasteiger charge is 2.43. The third-order valence-corrected chi connectivity index (χ3v) is 2.23. The van der Waals surface area contributed by atoms with Gasteiger partial charge < -0.3 is 15.2 Å². The second-order valence-electron chi connectivity index (χ2n) is 3.93. The Balaban J connectivity index is 2.22. The van der Waals surface area contributed by atoms with Crippen molar-refractivity contribution in [3.8, 4) is 11.5 Å². The molecule has 0 saturated carbocycles. The minimum Gasteiger partial charge on any atom is -0.395 e. The molecular weight excluding hydrogens is 232 g/mol. The van der Waals surface area contributed by atoms with Gasteiger partial charge in [0.1, 0.15) is 0 Å². The Kier molecular flexibility index (Phi) is 2.74. The molecule has 1 aromatic carbocycles. The smallest absolute Gasteiger partial charge is 0.395 e. The van der Waals surface area contributed by atoms with E-state index in [-0.39, 0.29) is 35.3 Å². The Labute approximate surface area is 96.3 Å². The lowest BCUT2D eigenvalue weighted by Crippen LogP contribution is -2.25. The highest BCUT2D eigenvalue weighted by molar-refractivity contribution is 5.97. The van der Waals surface area contributed by atoms with Gasteiger partial charge in [0.05, 0.1) is 0 Å². The minimum atomic E-state index is -3.66. The molecule has 0 saturated heterocycles. The highest BCUT2D eigenvalue weighted by atomic mass is 19.3. The van der Waals surface area contributed by atoms with Crippen molar-refractivity contribution in [1.82, 2.24) is 0 Å². The zero-order chi connectivity index (χ0) is 12.6. The van der Waals surface area contributed by atoms with Gasteiger partial charge in [-0.3, -0.25) is 4.79 Å². The first-order valence-electron chi connectivity index (χ1n) is 5.06. The van der Waals surface area contributed by atoms with Crippen molar-refractivity contribution in [3.63, 3.8) is 0 Å². The fourth-order valence-corrected chi connectivity index (χ4v) is 1.53. The monoisotopic (exact) mass is 243 g/mol. The Morgan fingerprint density at radius 1 is 1.41 bits per heavy atom. The van der Waals surface area contributed by atoms with Crippen LogP contribution in [0.3, 0.4) is 0 Å². The Morgan fingerprint density at radius 2 is 2.06 bits per heavy atom. The quantitative estimate of drug-likeness (QED) is 0.824. The molecule has 1 aliphatic heterocycles. The van der Waals surface area contributed by atoms with Gasteiger partial charge in [-0.1, -0.05) is 0 Å². The summed E-state index contributed by atoms with van der Waals surface area (Å²) in [5, 5.41) is 0. The third kappa shape index (κ3) is 2.52. The van der Waals surface area contributed by atoms with Crippen LogP contribution in [0.2, 0.25) is 0 Å². The number of alkyl halides is 2. The van der Waals surface area contributed by atoms with Crippen molar-refractivity contribution in [2.45, 2.75) is 25.7 Å². The summed E-state index contributed by atoms with van der Waals surface area (Å²) < 4.78 is 33.9. The predicted molar refractivity (Wildman–Crippen MR) is 55.2 cm³/mol. The number of hydrogen-bond acceptors (Lipinski definition) is 4. The third-order valence-electron chi connectivity index (χ3n) is 2.23. The van der Waals surface area contributed by atoms with E-state index in [0.717, 1.165) is 0 Å². The normalized spacial score (nSPS) is 17.9. The van der Waals surface area contributed by atoms with E-state index in [1.54, 1.807) is 6.92 Å². The first-order valence-corrected chi connectivity index (χ1v) is 5.06. The van der Waals surface area contributed by atoms with Gasteiger partial charge in [-0.25, -0.2) is 0 Å². The van der Waals surface area contributed by atoms with Gasteiger partial charge in [0, 0.05) is 18.0 Å². The summed E-state index contributed by atoms with van der Waals surface area (Å²) in [5.41, 5.74) is 5.77. The SMILES string of the molecule is CC(N)CC(=O)c1ccc2c(c1)OC(F)(F)O2. The number of benzene rings is 1. The summed E-state index contributed by atoms with van der Waals surface area (Å²) in [7, 11) is 0. The number of carbonyl (C=O) groups excluding carboxylic acids is 1. The van der Waals surface area contributed by atoms with E-state index in [4.69, 9.17) is 5.73 Å².